The molecule has 0 aliphatic heterocycles. The Morgan fingerprint density at radius 2 is 2.00 bits per heavy atom. The summed E-state index contributed by atoms with van der Waals surface area (Å²) in [6, 6.07) is 10.2. The van der Waals surface area contributed by atoms with Gasteiger partial charge in [0.25, 0.3) is 0 Å². The van der Waals surface area contributed by atoms with E-state index in [9.17, 15) is 5.11 Å². The molecule has 0 aromatic heterocycles. The quantitative estimate of drug-likeness (QED) is 0.736. The van der Waals surface area contributed by atoms with Crippen molar-refractivity contribution in [2.24, 2.45) is 4.99 Å². The summed E-state index contributed by atoms with van der Waals surface area (Å²) in [6.07, 6.45) is 1.76. The minimum atomic E-state index is 0.00681. The summed E-state index contributed by atoms with van der Waals surface area (Å²) in [5, 5.41) is 9.22. The fraction of sp³-hybridized carbons (Fsp3) is 0.462. The van der Waals surface area contributed by atoms with Crippen LogP contribution in [0.5, 0.6) is 0 Å². The molecule has 0 amide bonds. The third-order valence-corrected chi connectivity index (χ3v) is 2.44. The Balaban J connectivity index is 2.62. The van der Waals surface area contributed by atoms with Crippen LogP contribution in [0.1, 0.15) is 25.8 Å². The van der Waals surface area contributed by atoms with Crippen molar-refractivity contribution in [1.82, 2.24) is 0 Å². The molecule has 2 nitrogen and oxygen atoms in total. The normalized spacial score (nSPS) is 13.9. The summed E-state index contributed by atoms with van der Waals surface area (Å²) in [6.45, 7) is 4.20. The van der Waals surface area contributed by atoms with Gasteiger partial charge < -0.3 is 5.11 Å². The highest BCUT2D eigenvalue weighted by Crippen LogP contribution is 2.06. The number of hydrogen-bond acceptors (Lipinski definition) is 2. The summed E-state index contributed by atoms with van der Waals surface area (Å²) in [7, 11) is 0. The van der Waals surface area contributed by atoms with E-state index in [4.69, 9.17) is 0 Å². The molecule has 0 radical (unpaired) electrons. The molecule has 82 valence electrons. The van der Waals surface area contributed by atoms with Crippen LogP contribution in [0.2, 0.25) is 0 Å². The third kappa shape index (κ3) is 4.26. The zero-order valence-corrected chi connectivity index (χ0v) is 9.48. The molecule has 15 heavy (non-hydrogen) atoms. The molecule has 1 unspecified atom stereocenters. The van der Waals surface area contributed by atoms with Gasteiger partial charge in [0.2, 0.25) is 0 Å². The lowest BCUT2D eigenvalue weighted by molar-refractivity contribution is 0.266. The zero-order valence-electron chi connectivity index (χ0n) is 9.48. The molecule has 0 spiro atoms. The molecular weight excluding hydrogens is 186 g/mol. The predicted octanol–water partition coefficient (Wildman–Crippen LogP) is 2.46. The first-order valence-corrected chi connectivity index (χ1v) is 5.44. The van der Waals surface area contributed by atoms with Gasteiger partial charge in [0.1, 0.15) is 0 Å². The summed E-state index contributed by atoms with van der Waals surface area (Å²) >= 11 is 0. The molecule has 1 rings (SSSR count). The van der Waals surface area contributed by atoms with Gasteiger partial charge in [-0.15, -0.1) is 0 Å². The van der Waals surface area contributed by atoms with Crippen molar-refractivity contribution < 1.29 is 5.11 Å². The van der Waals surface area contributed by atoms with E-state index < -0.39 is 0 Å². The molecule has 0 aliphatic carbocycles. The first-order chi connectivity index (χ1) is 7.26. The topological polar surface area (TPSA) is 32.6 Å². The highest BCUT2D eigenvalue weighted by Gasteiger charge is 2.06. The van der Waals surface area contributed by atoms with Crippen molar-refractivity contribution in [3.63, 3.8) is 0 Å². The number of hydrogen-bond donors (Lipinski definition) is 1. The Hall–Kier alpha value is -1.15. The molecule has 1 atom stereocenters. The van der Waals surface area contributed by atoms with E-state index in [-0.39, 0.29) is 12.6 Å². The van der Waals surface area contributed by atoms with Crippen LogP contribution in [-0.4, -0.2) is 23.5 Å². The maximum Gasteiger partial charge on any atom is 0.0769 e. The van der Waals surface area contributed by atoms with Crippen molar-refractivity contribution in [2.75, 3.05) is 6.61 Å². The van der Waals surface area contributed by atoms with Gasteiger partial charge in [0.05, 0.1) is 12.6 Å². The predicted molar refractivity (Wildman–Crippen MR) is 64.4 cm³/mol. The summed E-state index contributed by atoms with van der Waals surface area (Å²) in [5.74, 6) is 0. The van der Waals surface area contributed by atoms with Gasteiger partial charge in [-0.3, -0.25) is 4.99 Å². The second kappa shape index (κ2) is 6.36. The number of nitrogens with zero attached hydrogens (tertiary/aromatic N) is 1. The van der Waals surface area contributed by atoms with Crippen LogP contribution in [0.15, 0.2) is 35.3 Å². The van der Waals surface area contributed by atoms with Crippen LogP contribution < -0.4 is 0 Å². The molecule has 0 bridgehead atoms. The van der Waals surface area contributed by atoms with Crippen molar-refractivity contribution in [3.8, 4) is 0 Å². The lowest BCUT2D eigenvalue weighted by Gasteiger charge is -2.10. The molecule has 1 N–H and O–H groups in total. The Bertz CT molecular complexity index is 306. The number of aliphatic hydroxyl groups excluding tert-OH is 1. The molecule has 0 fully saturated rings. The SMILES string of the molecule is CC/C(C)=N\C(CO)Cc1ccccc1. The average Bonchev–Trinajstić information content (AvgIpc) is 2.29. The van der Waals surface area contributed by atoms with Crippen LogP contribution in [0.4, 0.5) is 0 Å². The summed E-state index contributed by atoms with van der Waals surface area (Å²) in [4.78, 5) is 4.48. The van der Waals surface area contributed by atoms with Gasteiger partial charge in [-0.1, -0.05) is 37.3 Å². The number of benzene rings is 1. The number of rotatable bonds is 5. The first-order valence-electron chi connectivity index (χ1n) is 5.44. The fourth-order valence-electron chi connectivity index (χ4n) is 1.44. The molecule has 0 aliphatic rings. The van der Waals surface area contributed by atoms with Gasteiger partial charge in [-0.2, -0.15) is 0 Å². The van der Waals surface area contributed by atoms with Crippen LogP contribution >= 0.6 is 0 Å². The Morgan fingerprint density at radius 3 is 2.53 bits per heavy atom. The Labute approximate surface area is 91.7 Å². The van der Waals surface area contributed by atoms with Crippen molar-refractivity contribution in [3.05, 3.63) is 35.9 Å². The second-order valence-electron chi connectivity index (χ2n) is 3.74. The van der Waals surface area contributed by atoms with E-state index in [1.54, 1.807) is 0 Å². The molecule has 2 heteroatoms. The van der Waals surface area contributed by atoms with Gasteiger partial charge >= 0.3 is 0 Å². The highest BCUT2D eigenvalue weighted by atomic mass is 16.3. The van der Waals surface area contributed by atoms with E-state index >= 15 is 0 Å². The standard InChI is InChI=1S/C13H19NO/c1-3-11(2)14-13(10-15)9-12-7-5-4-6-8-12/h4-8,13,15H,3,9-10H2,1-2H3/b14-11-. The number of aliphatic hydroxyl groups is 1. The van der Waals surface area contributed by atoms with E-state index in [1.165, 1.54) is 5.56 Å². The fourth-order valence-corrected chi connectivity index (χ4v) is 1.44. The molecule has 1 aromatic rings. The minimum absolute atomic E-state index is 0.00681. The maximum absolute atomic E-state index is 9.22. The van der Waals surface area contributed by atoms with Gasteiger partial charge in [-0.05, 0) is 25.3 Å². The second-order valence-corrected chi connectivity index (χ2v) is 3.74. The lowest BCUT2D eigenvalue weighted by Crippen LogP contribution is -2.15. The van der Waals surface area contributed by atoms with E-state index in [1.807, 2.05) is 25.1 Å². The average molecular weight is 205 g/mol. The molecule has 0 heterocycles. The van der Waals surface area contributed by atoms with Crippen molar-refractivity contribution in [2.45, 2.75) is 32.7 Å². The number of aliphatic imine (C=N–C) groups is 1. The summed E-state index contributed by atoms with van der Waals surface area (Å²) < 4.78 is 0. The molecular formula is C13H19NO. The van der Waals surface area contributed by atoms with Crippen LogP contribution in [0.3, 0.4) is 0 Å². The van der Waals surface area contributed by atoms with E-state index in [0.717, 1.165) is 18.6 Å². The van der Waals surface area contributed by atoms with E-state index in [0.29, 0.717) is 0 Å². The van der Waals surface area contributed by atoms with Crippen molar-refractivity contribution in [1.29, 1.82) is 0 Å². The zero-order chi connectivity index (χ0) is 11.1. The maximum atomic E-state index is 9.22. The highest BCUT2D eigenvalue weighted by molar-refractivity contribution is 5.81. The third-order valence-electron chi connectivity index (χ3n) is 2.44. The lowest BCUT2D eigenvalue weighted by atomic mass is 10.1. The minimum Gasteiger partial charge on any atom is -0.394 e. The Morgan fingerprint density at radius 1 is 1.33 bits per heavy atom. The van der Waals surface area contributed by atoms with E-state index in [2.05, 4.69) is 24.0 Å². The van der Waals surface area contributed by atoms with Gasteiger partial charge in [0, 0.05) is 5.71 Å². The molecule has 1 aromatic carbocycles. The Kier molecular flexibility index (Phi) is 5.05. The van der Waals surface area contributed by atoms with Gasteiger partial charge in [0.15, 0.2) is 0 Å². The molecule has 0 saturated carbocycles. The van der Waals surface area contributed by atoms with Crippen LogP contribution in [-0.2, 0) is 6.42 Å². The van der Waals surface area contributed by atoms with Gasteiger partial charge in [-0.25, -0.2) is 0 Å². The first kappa shape index (κ1) is 11.9. The van der Waals surface area contributed by atoms with Crippen LogP contribution in [0, 0.1) is 0 Å². The monoisotopic (exact) mass is 205 g/mol. The largest absolute Gasteiger partial charge is 0.394 e. The summed E-state index contributed by atoms with van der Waals surface area (Å²) in [5.41, 5.74) is 2.33. The smallest absolute Gasteiger partial charge is 0.0769 e. The van der Waals surface area contributed by atoms with Crippen LogP contribution in [0.25, 0.3) is 0 Å². The van der Waals surface area contributed by atoms with Crippen molar-refractivity contribution >= 4 is 5.71 Å². The molecule has 0 saturated heterocycles.